The SMILES string of the molecule is NC1(O)C=CC(OC(=O)c2ccccc2)=CC1. The number of benzene rings is 1. The molecule has 0 spiro atoms. The number of esters is 1. The molecule has 0 fully saturated rings. The monoisotopic (exact) mass is 231 g/mol. The third-order valence-corrected chi connectivity index (χ3v) is 2.39. The molecule has 0 saturated heterocycles. The van der Waals surface area contributed by atoms with Crippen molar-refractivity contribution in [3.63, 3.8) is 0 Å². The third kappa shape index (κ3) is 3.03. The van der Waals surface area contributed by atoms with Crippen molar-refractivity contribution < 1.29 is 14.6 Å². The molecule has 0 aromatic heterocycles. The molecule has 0 amide bonds. The lowest BCUT2D eigenvalue weighted by atomic mass is 10.1. The molecule has 0 saturated carbocycles. The molecule has 0 heterocycles. The van der Waals surface area contributed by atoms with E-state index in [9.17, 15) is 9.90 Å². The fourth-order valence-electron chi connectivity index (χ4n) is 1.44. The van der Waals surface area contributed by atoms with Crippen molar-refractivity contribution in [2.24, 2.45) is 5.73 Å². The zero-order chi connectivity index (χ0) is 12.3. The van der Waals surface area contributed by atoms with E-state index >= 15 is 0 Å². The Morgan fingerprint density at radius 3 is 2.65 bits per heavy atom. The lowest BCUT2D eigenvalue weighted by Gasteiger charge is -2.20. The molecule has 1 atom stereocenters. The van der Waals surface area contributed by atoms with Gasteiger partial charge < -0.3 is 15.6 Å². The minimum atomic E-state index is -1.34. The van der Waals surface area contributed by atoms with Crippen LogP contribution in [0, 0.1) is 0 Å². The van der Waals surface area contributed by atoms with Crippen molar-refractivity contribution in [2.75, 3.05) is 0 Å². The van der Waals surface area contributed by atoms with Gasteiger partial charge in [0, 0.05) is 6.42 Å². The fourth-order valence-corrected chi connectivity index (χ4v) is 1.44. The molecule has 1 aliphatic carbocycles. The molecule has 1 aromatic rings. The molecule has 0 aliphatic heterocycles. The van der Waals surface area contributed by atoms with Crippen LogP contribution in [0.1, 0.15) is 16.8 Å². The van der Waals surface area contributed by atoms with Crippen molar-refractivity contribution in [1.29, 1.82) is 0 Å². The quantitative estimate of drug-likeness (QED) is 0.595. The molecular weight excluding hydrogens is 218 g/mol. The molecular formula is C13H13NO3. The van der Waals surface area contributed by atoms with E-state index in [2.05, 4.69) is 0 Å². The van der Waals surface area contributed by atoms with Gasteiger partial charge in [0.2, 0.25) is 0 Å². The lowest BCUT2D eigenvalue weighted by Crippen LogP contribution is -2.37. The minimum absolute atomic E-state index is 0.223. The maximum atomic E-state index is 11.7. The van der Waals surface area contributed by atoms with Crippen LogP contribution in [0.25, 0.3) is 0 Å². The van der Waals surface area contributed by atoms with Gasteiger partial charge >= 0.3 is 5.97 Å². The van der Waals surface area contributed by atoms with E-state index in [1.165, 1.54) is 12.2 Å². The van der Waals surface area contributed by atoms with Gasteiger partial charge in [-0.15, -0.1) is 0 Å². The molecule has 0 radical (unpaired) electrons. The second-order valence-corrected chi connectivity index (χ2v) is 3.89. The average molecular weight is 231 g/mol. The van der Waals surface area contributed by atoms with Crippen LogP contribution in [-0.2, 0) is 4.74 Å². The van der Waals surface area contributed by atoms with Gasteiger partial charge in [0.1, 0.15) is 11.5 Å². The van der Waals surface area contributed by atoms with Crippen molar-refractivity contribution >= 4 is 5.97 Å². The van der Waals surface area contributed by atoms with Gasteiger partial charge in [-0.2, -0.15) is 0 Å². The smallest absolute Gasteiger partial charge is 0.343 e. The van der Waals surface area contributed by atoms with E-state index in [0.29, 0.717) is 11.3 Å². The average Bonchev–Trinajstić information content (AvgIpc) is 2.33. The van der Waals surface area contributed by atoms with Crippen molar-refractivity contribution in [3.8, 4) is 0 Å². The largest absolute Gasteiger partial charge is 0.423 e. The molecule has 3 N–H and O–H groups in total. The highest BCUT2D eigenvalue weighted by atomic mass is 16.5. The highest BCUT2D eigenvalue weighted by Gasteiger charge is 2.20. The summed E-state index contributed by atoms with van der Waals surface area (Å²) in [5.74, 6) is -0.0297. The number of carbonyl (C=O) groups excluding carboxylic acids is 1. The van der Waals surface area contributed by atoms with Gasteiger partial charge in [0.15, 0.2) is 0 Å². The van der Waals surface area contributed by atoms with Crippen LogP contribution in [-0.4, -0.2) is 16.8 Å². The highest BCUT2D eigenvalue weighted by molar-refractivity contribution is 5.90. The van der Waals surface area contributed by atoms with Crippen LogP contribution in [0.15, 0.2) is 54.3 Å². The Bertz CT molecular complexity index is 475. The van der Waals surface area contributed by atoms with Crippen LogP contribution in [0.5, 0.6) is 0 Å². The number of hydrogen-bond acceptors (Lipinski definition) is 4. The van der Waals surface area contributed by atoms with E-state index in [4.69, 9.17) is 10.5 Å². The standard InChI is InChI=1S/C13H13NO3/c14-13(16)8-6-11(7-9-13)17-12(15)10-4-2-1-3-5-10/h1-8,16H,9,14H2. The number of nitrogens with two attached hydrogens (primary N) is 1. The number of allylic oxidation sites excluding steroid dienone is 1. The first kappa shape index (κ1) is 11.6. The van der Waals surface area contributed by atoms with Gasteiger partial charge in [0.05, 0.1) is 5.56 Å². The molecule has 88 valence electrons. The first-order chi connectivity index (χ1) is 8.07. The summed E-state index contributed by atoms with van der Waals surface area (Å²) in [6.07, 6.45) is 4.70. The summed E-state index contributed by atoms with van der Waals surface area (Å²) in [5.41, 5.74) is 4.60. The Morgan fingerprint density at radius 1 is 1.35 bits per heavy atom. The van der Waals surface area contributed by atoms with E-state index in [1.54, 1.807) is 30.3 Å². The van der Waals surface area contributed by atoms with Gasteiger partial charge in [-0.25, -0.2) is 4.79 Å². The van der Waals surface area contributed by atoms with Gasteiger partial charge in [-0.05, 0) is 30.4 Å². The molecule has 4 nitrogen and oxygen atoms in total. The summed E-state index contributed by atoms with van der Waals surface area (Å²) in [4.78, 5) is 11.7. The maximum absolute atomic E-state index is 11.7. The summed E-state index contributed by atoms with van der Waals surface area (Å²) >= 11 is 0. The second-order valence-electron chi connectivity index (χ2n) is 3.89. The topological polar surface area (TPSA) is 72.6 Å². The van der Waals surface area contributed by atoms with E-state index in [1.807, 2.05) is 6.07 Å². The van der Waals surface area contributed by atoms with Crippen molar-refractivity contribution in [3.05, 3.63) is 59.9 Å². The summed E-state index contributed by atoms with van der Waals surface area (Å²) in [5, 5.41) is 9.45. The van der Waals surface area contributed by atoms with Crippen molar-refractivity contribution in [2.45, 2.75) is 12.1 Å². The second kappa shape index (κ2) is 4.53. The Labute approximate surface area is 99.0 Å². The van der Waals surface area contributed by atoms with E-state index < -0.39 is 11.7 Å². The Kier molecular flexibility index (Phi) is 3.08. The predicted octanol–water partition coefficient (Wildman–Crippen LogP) is 1.33. The number of aliphatic hydroxyl groups is 1. The summed E-state index contributed by atoms with van der Waals surface area (Å²) < 4.78 is 5.14. The summed E-state index contributed by atoms with van der Waals surface area (Å²) in [6, 6.07) is 8.70. The zero-order valence-electron chi connectivity index (χ0n) is 9.17. The maximum Gasteiger partial charge on any atom is 0.343 e. The van der Waals surface area contributed by atoms with E-state index in [-0.39, 0.29) is 6.42 Å². The van der Waals surface area contributed by atoms with Crippen LogP contribution in [0.3, 0.4) is 0 Å². The molecule has 1 aliphatic rings. The molecule has 1 aromatic carbocycles. The summed E-state index contributed by atoms with van der Waals surface area (Å²) in [7, 11) is 0. The molecule has 17 heavy (non-hydrogen) atoms. The zero-order valence-corrected chi connectivity index (χ0v) is 9.17. The Hall–Kier alpha value is -1.91. The van der Waals surface area contributed by atoms with Gasteiger partial charge in [-0.1, -0.05) is 18.2 Å². The molecule has 2 rings (SSSR count). The van der Waals surface area contributed by atoms with Crippen molar-refractivity contribution in [1.82, 2.24) is 0 Å². The van der Waals surface area contributed by atoms with Crippen LogP contribution < -0.4 is 5.73 Å². The van der Waals surface area contributed by atoms with E-state index in [0.717, 1.165) is 0 Å². The number of hydrogen-bond donors (Lipinski definition) is 2. The number of carbonyl (C=O) groups is 1. The van der Waals surface area contributed by atoms with Crippen LogP contribution in [0.2, 0.25) is 0 Å². The molecule has 1 unspecified atom stereocenters. The van der Waals surface area contributed by atoms with Gasteiger partial charge in [0.25, 0.3) is 0 Å². The van der Waals surface area contributed by atoms with Crippen LogP contribution in [0.4, 0.5) is 0 Å². The third-order valence-electron chi connectivity index (χ3n) is 2.39. The predicted molar refractivity (Wildman–Crippen MR) is 62.8 cm³/mol. The first-order valence-electron chi connectivity index (χ1n) is 5.25. The number of ether oxygens (including phenoxy) is 1. The first-order valence-corrected chi connectivity index (χ1v) is 5.25. The Balaban J connectivity index is 2.02. The molecule has 0 bridgehead atoms. The fraction of sp³-hybridized carbons (Fsp3) is 0.154. The Morgan fingerprint density at radius 2 is 2.06 bits per heavy atom. The normalized spacial score (nSPS) is 23.1. The lowest BCUT2D eigenvalue weighted by molar-refractivity contribution is 0.0614. The number of rotatable bonds is 2. The minimum Gasteiger partial charge on any atom is -0.423 e. The van der Waals surface area contributed by atoms with Gasteiger partial charge in [-0.3, -0.25) is 0 Å². The summed E-state index contributed by atoms with van der Waals surface area (Å²) in [6.45, 7) is 0. The molecule has 4 heteroatoms. The van der Waals surface area contributed by atoms with Crippen LogP contribution >= 0.6 is 0 Å². The highest BCUT2D eigenvalue weighted by Crippen LogP contribution is 2.17.